The highest BCUT2D eigenvalue weighted by atomic mass is 16.5. The maximum Gasteiger partial charge on any atom is 0.126 e. The van der Waals surface area contributed by atoms with Crippen LogP contribution in [-0.2, 0) is 0 Å². The van der Waals surface area contributed by atoms with Crippen molar-refractivity contribution in [3.8, 4) is 11.5 Å². The highest BCUT2D eigenvalue weighted by Crippen LogP contribution is 2.49. The van der Waals surface area contributed by atoms with E-state index in [0.717, 1.165) is 29.9 Å². The fourth-order valence-electron chi connectivity index (χ4n) is 3.96. The van der Waals surface area contributed by atoms with Crippen molar-refractivity contribution in [2.24, 2.45) is 11.8 Å². The predicted molar refractivity (Wildman–Crippen MR) is 82.7 cm³/mol. The number of fused-ring (bicyclic) bond motifs is 1. The van der Waals surface area contributed by atoms with Gasteiger partial charge in [-0.15, -0.1) is 0 Å². The summed E-state index contributed by atoms with van der Waals surface area (Å²) >= 11 is 0. The average molecular weight is 290 g/mol. The van der Waals surface area contributed by atoms with Crippen molar-refractivity contribution in [2.45, 2.75) is 57.7 Å². The van der Waals surface area contributed by atoms with E-state index < -0.39 is 6.10 Å². The van der Waals surface area contributed by atoms with Gasteiger partial charge in [-0.3, -0.25) is 0 Å². The summed E-state index contributed by atoms with van der Waals surface area (Å²) in [5.41, 5.74) is 0.695. The second-order valence-corrected chi connectivity index (χ2v) is 7.01. The molecule has 3 heteroatoms. The lowest BCUT2D eigenvalue weighted by molar-refractivity contribution is -0.0573. The molecule has 1 heterocycles. The van der Waals surface area contributed by atoms with Gasteiger partial charge in [0, 0.05) is 12.0 Å². The number of aliphatic hydroxyl groups excluding tert-OH is 1. The van der Waals surface area contributed by atoms with E-state index in [1.807, 2.05) is 18.2 Å². The van der Waals surface area contributed by atoms with Crippen LogP contribution in [0.1, 0.15) is 57.6 Å². The molecule has 0 saturated heterocycles. The molecule has 0 bridgehead atoms. The van der Waals surface area contributed by atoms with Gasteiger partial charge in [0.2, 0.25) is 0 Å². The molecule has 1 spiro atoms. The molecule has 0 aromatic heterocycles. The minimum Gasteiger partial charge on any atom is -0.497 e. The van der Waals surface area contributed by atoms with Gasteiger partial charge in [0.15, 0.2) is 0 Å². The molecule has 1 aromatic carbocycles. The van der Waals surface area contributed by atoms with Gasteiger partial charge in [0.05, 0.1) is 13.2 Å². The van der Waals surface area contributed by atoms with Crippen LogP contribution < -0.4 is 9.47 Å². The molecule has 1 saturated carbocycles. The molecule has 1 aliphatic heterocycles. The number of rotatable bonds is 2. The second-order valence-electron chi connectivity index (χ2n) is 7.01. The van der Waals surface area contributed by atoms with Crippen molar-refractivity contribution in [2.75, 3.05) is 7.11 Å². The highest BCUT2D eigenvalue weighted by Gasteiger charge is 2.44. The molecule has 1 aromatic rings. The Kier molecular flexibility index (Phi) is 3.87. The number of aliphatic hydroxyl groups is 1. The normalized spacial score (nSPS) is 31.9. The first-order valence-electron chi connectivity index (χ1n) is 8.08. The summed E-state index contributed by atoms with van der Waals surface area (Å²) in [5, 5.41) is 10.6. The van der Waals surface area contributed by atoms with E-state index in [1.54, 1.807) is 7.11 Å². The van der Waals surface area contributed by atoms with E-state index in [2.05, 4.69) is 13.8 Å². The predicted octanol–water partition coefficient (Wildman–Crippen LogP) is 4.10. The Morgan fingerprint density at radius 1 is 1.33 bits per heavy atom. The van der Waals surface area contributed by atoms with E-state index in [4.69, 9.17) is 9.47 Å². The lowest BCUT2D eigenvalue weighted by Gasteiger charge is -2.46. The van der Waals surface area contributed by atoms with E-state index >= 15 is 0 Å². The van der Waals surface area contributed by atoms with Gasteiger partial charge >= 0.3 is 0 Å². The Balaban J connectivity index is 1.87. The minimum absolute atomic E-state index is 0.172. The molecule has 3 rings (SSSR count). The summed E-state index contributed by atoms with van der Waals surface area (Å²) in [5.74, 6) is 2.99. The second kappa shape index (κ2) is 5.53. The first-order chi connectivity index (χ1) is 10.0. The largest absolute Gasteiger partial charge is 0.497 e. The van der Waals surface area contributed by atoms with Crippen molar-refractivity contribution >= 4 is 0 Å². The van der Waals surface area contributed by atoms with Crippen molar-refractivity contribution in [3.05, 3.63) is 23.8 Å². The molecule has 2 unspecified atom stereocenters. The lowest BCUT2D eigenvalue weighted by Crippen LogP contribution is -2.45. The SMILES string of the molecule is COc1ccc2c(c1)[C@H](O)CC1(CCCC(C(C)C)C1)O2. The summed E-state index contributed by atoms with van der Waals surface area (Å²) in [6, 6.07) is 5.75. The van der Waals surface area contributed by atoms with E-state index in [-0.39, 0.29) is 5.60 Å². The standard InChI is InChI=1S/C18H26O3/c1-12(2)13-5-4-8-18(10-13)11-16(19)15-9-14(20-3)6-7-17(15)21-18/h6-7,9,12-13,16,19H,4-5,8,10-11H2,1-3H3/t13?,16-,18?/m1/s1. The van der Waals surface area contributed by atoms with E-state index in [1.165, 1.54) is 12.8 Å². The zero-order chi connectivity index (χ0) is 15.0. The van der Waals surface area contributed by atoms with Crippen LogP contribution in [0.5, 0.6) is 11.5 Å². The van der Waals surface area contributed by atoms with Gasteiger partial charge in [0.25, 0.3) is 0 Å². The van der Waals surface area contributed by atoms with Gasteiger partial charge in [0.1, 0.15) is 17.1 Å². The van der Waals surface area contributed by atoms with Gasteiger partial charge < -0.3 is 14.6 Å². The van der Waals surface area contributed by atoms with Crippen LogP contribution >= 0.6 is 0 Å². The number of methoxy groups -OCH3 is 1. The first kappa shape index (κ1) is 14.7. The molecular weight excluding hydrogens is 264 g/mol. The third-order valence-electron chi connectivity index (χ3n) is 5.25. The summed E-state index contributed by atoms with van der Waals surface area (Å²) in [6.07, 6.45) is 4.85. The monoisotopic (exact) mass is 290 g/mol. The first-order valence-corrected chi connectivity index (χ1v) is 8.08. The van der Waals surface area contributed by atoms with Gasteiger partial charge in [-0.1, -0.05) is 13.8 Å². The minimum atomic E-state index is -0.449. The van der Waals surface area contributed by atoms with Crippen LogP contribution in [0, 0.1) is 11.8 Å². The fraction of sp³-hybridized carbons (Fsp3) is 0.667. The molecular formula is C18H26O3. The molecule has 1 N–H and O–H groups in total. The molecule has 21 heavy (non-hydrogen) atoms. The van der Waals surface area contributed by atoms with Crippen molar-refractivity contribution in [1.82, 2.24) is 0 Å². The zero-order valence-electron chi connectivity index (χ0n) is 13.3. The summed E-state index contributed by atoms with van der Waals surface area (Å²) in [6.45, 7) is 4.59. The molecule has 2 aliphatic rings. The Bertz CT molecular complexity index is 511. The average Bonchev–Trinajstić information content (AvgIpc) is 2.47. The Labute approximate surface area is 127 Å². The fourth-order valence-corrected chi connectivity index (χ4v) is 3.96. The molecule has 0 radical (unpaired) electrons. The molecule has 3 nitrogen and oxygen atoms in total. The van der Waals surface area contributed by atoms with Crippen LogP contribution in [0.2, 0.25) is 0 Å². The van der Waals surface area contributed by atoms with Crippen molar-refractivity contribution in [3.63, 3.8) is 0 Å². The smallest absolute Gasteiger partial charge is 0.126 e. The van der Waals surface area contributed by atoms with Crippen LogP contribution in [0.3, 0.4) is 0 Å². The summed E-state index contributed by atoms with van der Waals surface area (Å²) in [4.78, 5) is 0. The maximum absolute atomic E-state index is 10.6. The molecule has 3 atom stereocenters. The Morgan fingerprint density at radius 3 is 2.86 bits per heavy atom. The van der Waals surface area contributed by atoms with Gasteiger partial charge in [-0.2, -0.15) is 0 Å². The quantitative estimate of drug-likeness (QED) is 0.891. The number of hydrogen-bond donors (Lipinski definition) is 1. The van der Waals surface area contributed by atoms with Crippen LogP contribution in [0.15, 0.2) is 18.2 Å². The van der Waals surface area contributed by atoms with E-state index in [9.17, 15) is 5.11 Å². The van der Waals surface area contributed by atoms with E-state index in [0.29, 0.717) is 18.3 Å². The highest BCUT2D eigenvalue weighted by molar-refractivity contribution is 5.43. The lowest BCUT2D eigenvalue weighted by atomic mass is 9.70. The topological polar surface area (TPSA) is 38.7 Å². The molecule has 116 valence electrons. The third kappa shape index (κ3) is 2.76. The van der Waals surface area contributed by atoms with Crippen molar-refractivity contribution in [1.29, 1.82) is 0 Å². The maximum atomic E-state index is 10.6. The number of benzene rings is 1. The molecule has 1 aliphatic carbocycles. The zero-order valence-corrected chi connectivity index (χ0v) is 13.3. The molecule has 0 amide bonds. The van der Waals surface area contributed by atoms with Crippen LogP contribution in [0.4, 0.5) is 0 Å². The third-order valence-corrected chi connectivity index (χ3v) is 5.25. The Morgan fingerprint density at radius 2 is 2.14 bits per heavy atom. The van der Waals surface area contributed by atoms with Crippen LogP contribution in [0.25, 0.3) is 0 Å². The number of hydrogen-bond acceptors (Lipinski definition) is 3. The summed E-state index contributed by atoms with van der Waals surface area (Å²) in [7, 11) is 1.65. The number of ether oxygens (including phenoxy) is 2. The Hall–Kier alpha value is -1.22. The van der Waals surface area contributed by atoms with Crippen molar-refractivity contribution < 1.29 is 14.6 Å². The molecule has 1 fully saturated rings. The summed E-state index contributed by atoms with van der Waals surface area (Å²) < 4.78 is 11.6. The van der Waals surface area contributed by atoms with Gasteiger partial charge in [-0.05, 0) is 55.7 Å². The van der Waals surface area contributed by atoms with Crippen LogP contribution in [-0.4, -0.2) is 17.8 Å². The van der Waals surface area contributed by atoms with Gasteiger partial charge in [-0.25, -0.2) is 0 Å².